The highest BCUT2D eigenvalue weighted by molar-refractivity contribution is 8.03. The highest BCUT2D eigenvalue weighted by Crippen LogP contribution is 2.47. The van der Waals surface area contributed by atoms with Crippen molar-refractivity contribution >= 4 is 35.3 Å². The van der Waals surface area contributed by atoms with E-state index in [1.807, 2.05) is 0 Å². The van der Waals surface area contributed by atoms with Crippen LogP contribution < -0.4 is 0 Å². The van der Waals surface area contributed by atoms with Crippen LogP contribution in [-0.2, 0) is 30.5 Å². The van der Waals surface area contributed by atoms with Crippen LogP contribution in [0.2, 0.25) is 0 Å². The molecular formula is C20H22N2O8S. The number of hydrogen-bond acceptors (Lipinski definition) is 9. The van der Waals surface area contributed by atoms with E-state index in [4.69, 9.17) is 9.47 Å². The van der Waals surface area contributed by atoms with Crippen LogP contribution in [0.15, 0.2) is 34.9 Å². The molecule has 1 aromatic carbocycles. The Kier molecular flexibility index (Phi) is 6.96. The third-order valence-electron chi connectivity index (χ3n) is 5.07. The number of aliphatic hydroxyl groups is 1. The van der Waals surface area contributed by atoms with Gasteiger partial charge in [-0.3, -0.25) is 19.7 Å². The highest BCUT2D eigenvalue weighted by atomic mass is 32.2. The van der Waals surface area contributed by atoms with Crippen molar-refractivity contribution < 1.29 is 33.9 Å². The number of β-lactam (4-membered cyclic amide) rings is 1. The van der Waals surface area contributed by atoms with E-state index in [2.05, 4.69) is 0 Å². The van der Waals surface area contributed by atoms with Gasteiger partial charge >= 0.3 is 11.9 Å². The van der Waals surface area contributed by atoms with E-state index in [0.717, 1.165) is 11.8 Å². The van der Waals surface area contributed by atoms with E-state index in [1.165, 1.54) is 36.1 Å². The number of carbonyl (C=O) groups excluding carboxylic acids is 3. The van der Waals surface area contributed by atoms with Gasteiger partial charge in [-0.1, -0.05) is 0 Å². The first-order chi connectivity index (χ1) is 14.7. The highest BCUT2D eigenvalue weighted by Gasteiger charge is 2.57. The molecule has 2 heterocycles. The molecule has 1 saturated heterocycles. The van der Waals surface area contributed by atoms with Gasteiger partial charge in [0.1, 0.15) is 12.3 Å². The molecule has 0 unspecified atom stereocenters. The minimum absolute atomic E-state index is 0.0175. The first-order valence-corrected chi connectivity index (χ1v) is 10.7. The molecule has 0 bridgehead atoms. The van der Waals surface area contributed by atoms with Crippen LogP contribution in [0.25, 0.3) is 0 Å². The zero-order valence-corrected chi connectivity index (χ0v) is 17.8. The Morgan fingerprint density at radius 3 is 2.58 bits per heavy atom. The average Bonchev–Trinajstić information content (AvgIpc) is 3.04. The van der Waals surface area contributed by atoms with Gasteiger partial charge in [-0.2, -0.15) is 0 Å². The fourth-order valence-corrected chi connectivity index (χ4v) is 4.61. The van der Waals surface area contributed by atoms with Gasteiger partial charge in [0.05, 0.1) is 35.3 Å². The molecule has 1 amide bonds. The Morgan fingerprint density at radius 1 is 1.32 bits per heavy atom. The number of fused-ring (bicyclic) bond motifs is 1. The first-order valence-electron chi connectivity index (χ1n) is 9.67. The summed E-state index contributed by atoms with van der Waals surface area (Å²) in [6.45, 7) is 3.31. The molecule has 0 aliphatic carbocycles. The summed E-state index contributed by atoms with van der Waals surface area (Å²) in [7, 11) is 0. The monoisotopic (exact) mass is 450 g/mol. The number of nitro benzene ring substituents is 1. The number of ether oxygens (including phenoxy) is 2. The summed E-state index contributed by atoms with van der Waals surface area (Å²) in [5.74, 6) is -2.17. The van der Waals surface area contributed by atoms with Gasteiger partial charge in [0.15, 0.2) is 0 Å². The summed E-state index contributed by atoms with van der Waals surface area (Å²) >= 11 is 1.11. The maximum absolute atomic E-state index is 12.8. The van der Waals surface area contributed by atoms with Crippen molar-refractivity contribution in [2.24, 2.45) is 5.92 Å². The van der Waals surface area contributed by atoms with Crippen LogP contribution in [0, 0.1) is 16.0 Å². The minimum Gasteiger partial charge on any atom is -0.465 e. The summed E-state index contributed by atoms with van der Waals surface area (Å²) in [5, 5.41) is 20.6. The molecule has 166 valence electrons. The number of carbonyl (C=O) groups is 3. The standard InChI is InChI=1S/C20H22N2O8S/c1-3-29-16(24)10-31-15-8-14-17(11(2)23)19(25)21(14)18(15)20(26)30-9-12-4-6-13(7-5-12)22(27)28/h4-7,11,14,17,23H,3,8-10H2,1-2H3/t11-,14-,17-/m1/s1. The third kappa shape index (κ3) is 4.72. The van der Waals surface area contributed by atoms with Crippen LogP contribution in [0.4, 0.5) is 5.69 Å². The summed E-state index contributed by atoms with van der Waals surface area (Å²) in [6, 6.07) is 5.21. The van der Waals surface area contributed by atoms with Crippen LogP contribution in [0.3, 0.4) is 0 Å². The van der Waals surface area contributed by atoms with Gasteiger partial charge in [0.2, 0.25) is 5.91 Å². The Morgan fingerprint density at radius 2 is 2.00 bits per heavy atom. The smallest absolute Gasteiger partial charge is 0.356 e. The molecule has 2 aliphatic heterocycles. The molecule has 3 atom stereocenters. The Bertz CT molecular complexity index is 928. The fraction of sp³-hybridized carbons (Fsp3) is 0.450. The molecular weight excluding hydrogens is 428 g/mol. The number of thioether (sulfide) groups is 1. The molecule has 1 N–H and O–H groups in total. The number of benzene rings is 1. The zero-order chi connectivity index (χ0) is 22.7. The lowest BCUT2D eigenvalue weighted by Crippen LogP contribution is -2.61. The fourth-order valence-electron chi connectivity index (χ4n) is 3.63. The molecule has 31 heavy (non-hydrogen) atoms. The van der Waals surface area contributed by atoms with Crippen molar-refractivity contribution in [2.45, 2.75) is 39.0 Å². The predicted molar refractivity (Wildman–Crippen MR) is 109 cm³/mol. The van der Waals surface area contributed by atoms with Gasteiger partial charge in [-0.05, 0) is 31.5 Å². The number of non-ortho nitro benzene ring substituents is 1. The third-order valence-corrected chi connectivity index (χ3v) is 6.16. The predicted octanol–water partition coefficient (Wildman–Crippen LogP) is 1.76. The van der Waals surface area contributed by atoms with Crippen LogP contribution in [0.1, 0.15) is 25.8 Å². The van der Waals surface area contributed by atoms with Gasteiger partial charge in [0.25, 0.3) is 5.69 Å². The van der Waals surface area contributed by atoms with Gasteiger partial charge in [-0.25, -0.2) is 4.79 Å². The Labute approximate surface area is 182 Å². The number of esters is 2. The summed E-state index contributed by atoms with van der Waals surface area (Å²) in [6.07, 6.45) is -0.520. The molecule has 10 nitrogen and oxygen atoms in total. The first kappa shape index (κ1) is 22.8. The number of rotatable bonds is 9. The molecule has 0 saturated carbocycles. The second-order valence-corrected chi connectivity index (χ2v) is 8.18. The molecule has 0 radical (unpaired) electrons. The quantitative estimate of drug-likeness (QED) is 0.258. The number of aliphatic hydroxyl groups excluding tert-OH is 1. The molecule has 3 rings (SSSR count). The molecule has 0 spiro atoms. The van der Waals surface area contributed by atoms with Gasteiger partial charge in [0, 0.05) is 23.5 Å². The summed E-state index contributed by atoms with van der Waals surface area (Å²) in [5.41, 5.74) is 0.541. The summed E-state index contributed by atoms with van der Waals surface area (Å²) in [4.78, 5) is 49.1. The molecule has 2 aliphatic rings. The summed E-state index contributed by atoms with van der Waals surface area (Å²) < 4.78 is 10.3. The zero-order valence-electron chi connectivity index (χ0n) is 17.0. The van der Waals surface area contributed by atoms with Crippen LogP contribution in [0.5, 0.6) is 0 Å². The minimum atomic E-state index is -0.861. The molecule has 11 heteroatoms. The van der Waals surface area contributed by atoms with Crippen molar-refractivity contribution in [1.29, 1.82) is 0 Å². The van der Waals surface area contributed by atoms with Crippen molar-refractivity contribution in [3.63, 3.8) is 0 Å². The number of nitro groups is 1. The van der Waals surface area contributed by atoms with Crippen LogP contribution >= 0.6 is 11.8 Å². The van der Waals surface area contributed by atoms with Crippen LogP contribution in [-0.4, -0.2) is 57.3 Å². The van der Waals surface area contributed by atoms with Gasteiger partial charge < -0.3 is 19.5 Å². The normalized spacial score (nSPS) is 20.7. The maximum Gasteiger partial charge on any atom is 0.356 e. The molecule has 0 aromatic heterocycles. The Hall–Kier alpha value is -2.92. The van der Waals surface area contributed by atoms with E-state index in [9.17, 15) is 29.6 Å². The van der Waals surface area contributed by atoms with E-state index >= 15 is 0 Å². The van der Waals surface area contributed by atoms with E-state index in [0.29, 0.717) is 16.9 Å². The van der Waals surface area contributed by atoms with Crippen molar-refractivity contribution in [1.82, 2.24) is 4.90 Å². The Balaban J connectivity index is 1.73. The largest absolute Gasteiger partial charge is 0.465 e. The SMILES string of the molecule is CCOC(=O)CSC1=C(C(=O)OCc2ccc([N+](=O)[O-])cc2)N2C(=O)[C@H]([C@@H](C)O)[C@H]2C1. The second kappa shape index (κ2) is 9.48. The van der Waals surface area contributed by atoms with Crippen molar-refractivity contribution in [3.8, 4) is 0 Å². The topological polar surface area (TPSA) is 136 Å². The van der Waals surface area contributed by atoms with E-state index < -0.39 is 28.9 Å². The van der Waals surface area contributed by atoms with Crippen molar-refractivity contribution in [3.05, 3.63) is 50.5 Å². The lowest BCUT2D eigenvalue weighted by molar-refractivity contribution is -0.384. The average molecular weight is 450 g/mol. The lowest BCUT2D eigenvalue weighted by atomic mass is 9.83. The maximum atomic E-state index is 12.8. The number of nitrogens with zero attached hydrogens (tertiary/aromatic N) is 2. The number of amides is 1. The second-order valence-electron chi connectivity index (χ2n) is 7.11. The molecule has 1 fully saturated rings. The van der Waals surface area contributed by atoms with Crippen molar-refractivity contribution in [2.75, 3.05) is 12.4 Å². The van der Waals surface area contributed by atoms with E-state index in [1.54, 1.807) is 6.92 Å². The lowest BCUT2D eigenvalue weighted by Gasteiger charge is -2.44. The molecule has 1 aromatic rings. The van der Waals surface area contributed by atoms with E-state index in [-0.39, 0.29) is 42.3 Å². The van der Waals surface area contributed by atoms with Gasteiger partial charge in [-0.15, -0.1) is 11.8 Å². The number of hydrogen-bond donors (Lipinski definition) is 1.